The van der Waals surface area contributed by atoms with E-state index in [9.17, 15) is 17.6 Å². The molecule has 10 heteroatoms. The van der Waals surface area contributed by atoms with E-state index in [4.69, 9.17) is 9.84 Å². The second kappa shape index (κ2) is 8.54. The van der Waals surface area contributed by atoms with Crippen LogP contribution < -0.4 is 10.1 Å². The van der Waals surface area contributed by atoms with E-state index >= 15 is 0 Å². The molecule has 0 aliphatic carbocycles. The van der Waals surface area contributed by atoms with Gasteiger partial charge in [-0.3, -0.25) is 4.79 Å². The lowest BCUT2D eigenvalue weighted by molar-refractivity contribution is -0.136. The number of sulfone groups is 1. The number of hydrogen-bond acceptors (Lipinski definition) is 7. The molecular formula is C22H20FN3O5S. The minimum Gasteiger partial charge on any atom is -0.494 e. The number of aromatic nitrogens is 2. The predicted molar refractivity (Wildman–Crippen MR) is 115 cm³/mol. The molecule has 1 aliphatic rings. The third kappa shape index (κ3) is 4.40. The van der Waals surface area contributed by atoms with E-state index in [0.717, 1.165) is 0 Å². The van der Waals surface area contributed by atoms with Crippen LogP contribution in [0.2, 0.25) is 0 Å². The molecule has 0 spiro atoms. The first-order valence-electron chi connectivity index (χ1n) is 9.82. The molecule has 1 aromatic heterocycles. The standard InChI is InChI=1S/C22H20FN3O5S/c1-31-18-9-6-14(12-16(18)23)21-25-17-3-2-10-32(29,30)20(17)22(26-21)24-15-7-4-13(5-8-15)11-19(27)28/h4-9,12H,2-3,10-11H2,1H3,(H,27,28)(H,24,25,26). The number of aliphatic carboxylic acids is 1. The normalized spacial score (nSPS) is 14.4. The Labute approximate surface area is 184 Å². The summed E-state index contributed by atoms with van der Waals surface area (Å²) in [6.07, 6.45) is 0.770. The van der Waals surface area contributed by atoms with Crippen LogP contribution in [0.4, 0.5) is 15.9 Å². The minimum absolute atomic E-state index is 0.00784. The molecule has 0 bridgehead atoms. The smallest absolute Gasteiger partial charge is 0.307 e. The van der Waals surface area contributed by atoms with Gasteiger partial charge in [-0.1, -0.05) is 12.1 Å². The zero-order valence-corrected chi connectivity index (χ0v) is 17.9. The summed E-state index contributed by atoms with van der Waals surface area (Å²) >= 11 is 0. The largest absolute Gasteiger partial charge is 0.494 e. The van der Waals surface area contributed by atoms with Crippen LogP contribution >= 0.6 is 0 Å². The summed E-state index contributed by atoms with van der Waals surface area (Å²) in [5.41, 5.74) is 1.90. The number of aryl methyl sites for hydroxylation is 1. The van der Waals surface area contributed by atoms with Crippen LogP contribution in [0.15, 0.2) is 47.4 Å². The van der Waals surface area contributed by atoms with E-state index in [-0.39, 0.29) is 34.5 Å². The molecule has 0 unspecified atom stereocenters. The number of carboxylic acid groups (broad SMARTS) is 1. The van der Waals surface area contributed by atoms with Gasteiger partial charge in [0.1, 0.15) is 4.90 Å². The van der Waals surface area contributed by atoms with Gasteiger partial charge >= 0.3 is 5.97 Å². The molecule has 2 N–H and O–H groups in total. The fourth-order valence-corrected chi connectivity index (χ4v) is 5.19. The van der Waals surface area contributed by atoms with Gasteiger partial charge in [-0.25, -0.2) is 22.8 Å². The van der Waals surface area contributed by atoms with Crippen molar-refractivity contribution in [1.29, 1.82) is 0 Å². The second-order valence-electron chi connectivity index (χ2n) is 7.34. The highest BCUT2D eigenvalue weighted by atomic mass is 32.2. The van der Waals surface area contributed by atoms with E-state index in [1.807, 2.05) is 0 Å². The average molecular weight is 457 g/mol. The summed E-state index contributed by atoms with van der Waals surface area (Å²) in [5.74, 6) is -1.17. The van der Waals surface area contributed by atoms with E-state index in [2.05, 4.69) is 15.3 Å². The van der Waals surface area contributed by atoms with Gasteiger partial charge in [-0.05, 0) is 48.7 Å². The van der Waals surface area contributed by atoms with E-state index in [1.165, 1.54) is 19.2 Å². The molecule has 0 fully saturated rings. The Balaban J connectivity index is 1.78. The maximum atomic E-state index is 14.2. The van der Waals surface area contributed by atoms with Crippen LogP contribution in [0.1, 0.15) is 17.7 Å². The molecule has 3 aromatic rings. The lowest BCUT2D eigenvalue weighted by Crippen LogP contribution is -2.20. The summed E-state index contributed by atoms with van der Waals surface area (Å²) in [5, 5.41) is 11.9. The van der Waals surface area contributed by atoms with E-state index < -0.39 is 21.6 Å². The molecule has 0 atom stereocenters. The zero-order chi connectivity index (χ0) is 22.9. The van der Waals surface area contributed by atoms with E-state index in [0.29, 0.717) is 35.3 Å². The predicted octanol–water partition coefficient (Wildman–Crippen LogP) is 3.38. The van der Waals surface area contributed by atoms with Crippen LogP contribution in [0.5, 0.6) is 5.75 Å². The van der Waals surface area contributed by atoms with Crippen molar-refractivity contribution in [3.05, 3.63) is 59.5 Å². The molecule has 0 radical (unpaired) electrons. The van der Waals surface area contributed by atoms with Crippen molar-refractivity contribution in [3.8, 4) is 17.1 Å². The number of hydrogen-bond donors (Lipinski definition) is 2. The fourth-order valence-electron chi connectivity index (χ4n) is 3.56. The first-order chi connectivity index (χ1) is 15.3. The number of methoxy groups -OCH3 is 1. The van der Waals surface area contributed by atoms with Gasteiger partial charge in [0.05, 0.1) is 25.0 Å². The Morgan fingerprint density at radius 1 is 1.19 bits per heavy atom. The van der Waals surface area contributed by atoms with Gasteiger partial charge in [-0.2, -0.15) is 0 Å². The Hall–Kier alpha value is -3.53. The summed E-state index contributed by atoms with van der Waals surface area (Å²) in [6.45, 7) is 0. The van der Waals surface area contributed by atoms with Crippen molar-refractivity contribution in [1.82, 2.24) is 9.97 Å². The first kappa shape index (κ1) is 21.7. The van der Waals surface area contributed by atoms with Gasteiger partial charge in [0.25, 0.3) is 0 Å². The average Bonchev–Trinajstić information content (AvgIpc) is 2.74. The molecule has 4 rings (SSSR count). The molecule has 8 nitrogen and oxygen atoms in total. The quantitative estimate of drug-likeness (QED) is 0.578. The molecule has 2 aromatic carbocycles. The molecule has 1 aliphatic heterocycles. The lowest BCUT2D eigenvalue weighted by atomic mass is 10.1. The first-order valence-corrected chi connectivity index (χ1v) is 11.5. The molecular weight excluding hydrogens is 437 g/mol. The molecule has 166 valence electrons. The minimum atomic E-state index is -3.59. The maximum absolute atomic E-state index is 14.2. The summed E-state index contributed by atoms with van der Waals surface area (Å²) in [6, 6.07) is 10.9. The van der Waals surface area contributed by atoms with Gasteiger partial charge in [0.15, 0.2) is 33.0 Å². The number of carboxylic acids is 1. The van der Waals surface area contributed by atoms with Crippen LogP contribution in [-0.4, -0.2) is 42.3 Å². The third-order valence-electron chi connectivity index (χ3n) is 5.06. The summed E-state index contributed by atoms with van der Waals surface area (Å²) in [7, 11) is -2.23. The van der Waals surface area contributed by atoms with Crippen LogP contribution in [-0.2, 0) is 27.5 Å². The van der Waals surface area contributed by atoms with Crippen LogP contribution in [0, 0.1) is 5.82 Å². The van der Waals surface area contributed by atoms with Crippen molar-refractivity contribution >= 4 is 27.3 Å². The highest BCUT2D eigenvalue weighted by Gasteiger charge is 2.30. The highest BCUT2D eigenvalue weighted by molar-refractivity contribution is 7.91. The van der Waals surface area contributed by atoms with Crippen LogP contribution in [0.3, 0.4) is 0 Å². The lowest BCUT2D eigenvalue weighted by Gasteiger charge is -2.20. The SMILES string of the molecule is COc1ccc(-c2nc3c(c(Nc4ccc(CC(=O)O)cc4)n2)S(=O)(=O)CCC3)cc1F. The number of fused-ring (bicyclic) bond motifs is 1. The Morgan fingerprint density at radius 2 is 1.94 bits per heavy atom. The molecule has 32 heavy (non-hydrogen) atoms. The summed E-state index contributed by atoms with van der Waals surface area (Å²) in [4.78, 5) is 19.8. The second-order valence-corrected chi connectivity index (χ2v) is 9.38. The van der Waals surface area contributed by atoms with Crippen molar-refractivity contribution in [2.24, 2.45) is 0 Å². The number of nitrogens with one attached hydrogen (secondary N) is 1. The van der Waals surface area contributed by atoms with E-state index in [1.54, 1.807) is 30.3 Å². The molecule has 0 saturated heterocycles. The van der Waals surface area contributed by atoms with Gasteiger partial charge in [-0.15, -0.1) is 0 Å². The number of halogens is 1. The number of ether oxygens (including phenoxy) is 1. The Morgan fingerprint density at radius 3 is 2.59 bits per heavy atom. The van der Waals surface area contributed by atoms with Crippen LogP contribution in [0.25, 0.3) is 11.4 Å². The van der Waals surface area contributed by atoms with Gasteiger partial charge in [0, 0.05) is 11.3 Å². The Kier molecular flexibility index (Phi) is 5.79. The van der Waals surface area contributed by atoms with Crippen molar-refractivity contribution in [3.63, 3.8) is 0 Å². The topological polar surface area (TPSA) is 118 Å². The van der Waals surface area contributed by atoms with Crippen molar-refractivity contribution in [2.45, 2.75) is 24.2 Å². The maximum Gasteiger partial charge on any atom is 0.307 e. The number of carbonyl (C=O) groups is 1. The third-order valence-corrected chi connectivity index (χ3v) is 6.93. The molecule has 0 amide bonds. The monoisotopic (exact) mass is 457 g/mol. The van der Waals surface area contributed by atoms with Gasteiger partial charge < -0.3 is 15.2 Å². The molecule has 2 heterocycles. The number of benzene rings is 2. The zero-order valence-electron chi connectivity index (χ0n) is 17.1. The van der Waals surface area contributed by atoms with Crippen molar-refractivity contribution in [2.75, 3.05) is 18.2 Å². The number of rotatable bonds is 6. The number of anilines is 2. The highest BCUT2D eigenvalue weighted by Crippen LogP contribution is 2.34. The van der Waals surface area contributed by atoms with Gasteiger partial charge in [0.2, 0.25) is 0 Å². The molecule has 0 saturated carbocycles. The Bertz CT molecular complexity index is 1290. The number of nitrogens with zero attached hydrogens (tertiary/aromatic N) is 2. The fraction of sp³-hybridized carbons (Fsp3) is 0.227. The summed E-state index contributed by atoms with van der Waals surface area (Å²) < 4.78 is 44.8. The van der Waals surface area contributed by atoms with Crippen molar-refractivity contribution < 1.29 is 27.4 Å².